The lowest BCUT2D eigenvalue weighted by Crippen LogP contribution is -2.44. The van der Waals surface area contributed by atoms with E-state index in [4.69, 9.17) is 4.98 Å². The maximum Gasteiger partial charge on any atom is 0.320 e. The van der Waals surface area contributed by atoms with Crippen LogP contribution in [0.1, 0.15) is 40.8 Å². The summed E-state index contributed by atoms with van der Waals surface area (Å²) in [5.74, 6) is -0.213. The highest BCUT2D eigenvalue weighted by atomic mass is 32.1. The van der Waals surface area contributed by atoms with Crippen molar-refractivity contribution in [3.63, 3.8) is 0 Å². The van der Waals surface area contributed by atoms with Gasteiger partial charge in [0.15, 0.2) is 6.20 Å². The smallest absolute Gasteiger partial charge is 0.320 e. The van der Waals surface area contributed by atoms with Gasteiger partial charge in [0.05, 0.1) is 16.3 Å². The number of carbonyl (C=O) groups is 1. The molecular formula is C18H17N3O2S. The van der Waals surface area contributed by atoms with E-state index in [1.54, 1.807) is 29.5 Å². The summed E-state index contributed by atoms with van der Waals surface area (Å²) in [5, 5.41) is 12.9. The van der Waals surface area contributed by atoms with Crippen LogP contribution in [0.2, 0.25) is 0 Å². The summed E-state index contributed by atoms with van der Waals surface area (Å²) in [6.45, 7) is 0.661. The maximum atomic E-state index is 12.9. The first-order valence-electron chi connectivity index (χ1n) is 8.08. The number of carbonyl (C=O) groups excluding carboxylic acids is 1. The van der Waals surface area contributed by atoms with Gasteiger partial charge in [0.2, 0.25) is 0 Å². The Morgan fingerprint density at radius 3 is 2.88 bits per heavy atom. The van der Waals surface area contributed by atoms with Gasteiger partial charge in [-0.1, -0.05) is 12.1 Å². The van der Waals surface area contributed by atoms with Crippen molar-refractivity contribution in [2.75, 3.05) is 6.54 Å². The highest BCUT2D eigenvalue weighted by molar-refractivity contribution is 7.18. The second kappa shape index (κ2) is 6.20. The Morgan fingerprint density at radius 2 is 2.04 bits per heavy atom. The highest BCUT2D eigenvalue weighted by Crippen LogP contribution is 2.36. The van der Waals surface area contributed by atoms with Crippen molar-refractivity contribution in [2.45, 2.75) is 25.3 Å². The highest BCUT2D eigenvalue weighted by Gasteiger charge is 2.33. The van der Waals surface area contributed by atoms with Gasteiger partial charge in [-0.25, -0.2) is 4.98 Å². The molecule has 1 amide bonds. The Morgan fingerprint density at radius 1 is 1.21 bits per heavy atom. The van der Waals surface area contributed by atoms with E-state index >= 15 is 0 Å². The molecule has 5 nitrogen and oxygen atoms in total. The quantitative estimate of drug-likeness (QED) is 0.532. The standard InChI is InChI=1S/C18H17N3O2S/c22-18(15-9-4-6-12-21(15)23)20-11-5-3-8-14(20)17-19-13-7-1-2-10-16(13)24-17/h1-2,4,6-7,9-10,12,14H,3,5,8,11H2/t14-/m1/s1. The zero-order chi connectivity index (χ0) is 16.5. The van der Waals surface area contributed by atoms with Crippen molar-refractivity contribution in [2.24, 2.45) is 0 Å². The molecule has 1 aromatic carbocycles. The van der Waals surface area contributed by atoms with Crippen molar-refractivity contribution in [3.05, 3.63) is 64.6 Å². The second-order valence-corrected chi connectivity index (χ2v) is 7.00. The molecule has 3 heterocycles. The summed E-state index contributed by atoms with van der Waals surface area (Å²) in [7, 11) is 0. The molecule has 1 aliphatic rings. The first-order valence-corrected chi connectivity index (χ1v) is 8.90. The molecule has 1 aliphatic heterocycles. The number of fused-ring (bicyclic) bond motifs is 1. The normalized spacial score (nSPS) is 18.0. The molecule has 1 saturated heterocycles. The molecule has 1 atom stereocenters. The van der Waals surface area contributed by atoms with Crippen LogP contribution >= 0.6 is 11.3 Å². The molecule has 0 unspecified atom stereocenters. The third-order valence-corrected chi connectivity index (χ3v) is 5.54. The van der Waals surface area contributed by atoms with Crippen LogP contribution in [0.4, 0.5) is 0 Å². The molecule has 24 heavy (non-hydrogen) atoms. The van der Waals surface area contributed by atoms with Crippen molar-refractivity contribution < 1.29 is 9.52 Å². The summed E-state index contributed by atoms with van der Waals surface area (Å²) in [6.07, 6.45) is 4.27. The summed E-state index contributed by atoms with van der Waals surface area (Å²) < 4.78 is 1.77. The summed E-state index contributed by atoms with van der Waals surface area (Å²) in [4.78, 5) is 19.4. The molecule has 0 aliphatic carbocycles. The molecule has 6 heteroatoms. The lowest BCUT2D eigenvalue weighted by molar-refractivity contribution is -0.608. The van der Waals surface area contributed by atoms with E-state index < -0.39 is 0 Å². The third-order valence-electron chi connectivity index (χ3n) is 4.40. The van der Waals surface area contributed by atoms with Gasteiger partial charge in [0, 0.05) is 18.7 Å². The number of pyridine rings is 1. The number of aromatic nitrogens is 2. The van der Waals surface area contributed by atoms with Crippen LogP contribution in [0.25, 0.3) is 10.2 Å². The van der Waals surface area contributed by atoms with Gasteiger partial charge in [-0.2, -0.15) is 4.73 Å². The lowest BCUT2D eigenvalue weighted by atomic mass is 10.0. The maximum absolute atomic E-state index is 12.9. The zero-order valence-electron chi connectivity index (χ0n) is 13.1. The largest absolute Gasteiger partial charge is 0.618 e. The predicted molar refractivity (Wildman–Crippen MR) is 92.7 cm³/mol. The van der Waals surface area contributed by atoms with Crippen LogP contribution < -0.4 is 4.73 Å². The van der Waals surface area contributed by atoms with E-state index in [0.29, 0.717) is 11.3 Å². The first-order chi connectivity index (χ1) is 11.7. The van der Waals surface area contributed by atoms with Gasteiger partial charge in [0.1, 0.15) is 5.01 Å². The molecule has 0 saturated carbocycles. The number of hydrogen-bond acceptors (Lipinski definition) is 4. The minimum Gasteiger partial charge on any atom is -0.618 e. The molecule has 4 rings (SSSR count). The molecule has 0 spiro atoms. The number of benzene rings is 1. The van der Waals surface area contributed by atoms with E-state index in [2.05, 4.69) is 0 Å². The van der Waals surface area contributed by atoms with Crippen molar-refractivity contribution in [1.82, 2.24) is 9.88 Å². The van der Waals surface area contributed by atoms with Crippen LogP contribution in [-0.2, 0) is 0 Å². The molecule has 0 bridgehead atoms. The van der Waals surface area contributed by atoms with E-state index in [9.17, 15) is 10.0 Å². The average molecular weight is 339 g/mol. The molecular weight excluding hydrogens is 322 g/mol. The number of thiazole rings is 1. The number of piperidine rings is 1. The first kappa shape index (κ1) is 15.1. The third kappa shape index (κ3) is 2.63. The Balaban J connectivity index is 1.70. The number of rotatable bonds is 2. The average Bonchev–Trinajstić information content (AvgIpc) is 3.05. The number of nitrogens with zero attached hydrogens (tertiary/aromatic N) is 3. The van der Waals surface area contributed by atoms with E-state index in [-0.39, 0.29) is 17.6 Å². The van der Waals surface area contributed by atoms with Gasteiger partial charge in [-0.3, -0.25) is 4.79 Å². The van der Waals surface area contributed by atoms with Crippen LogP contribution in [0.15, 0.2) is 48.7 Å². The van der Waals surface area contributed by atoms with Gasteiger partial charge in [-0.15, -0.1) is 11.3 Å². The van der Waals surface area contributed by atoms with Gasteiger partial charge < -0.3 is 10.1 Å². The lowest BCUT2D eigenvalue weighted by Gasteiger charge is -2.33. The monoisotopic (exact) mass is 339 g/mol. The Hall–Kier alpha value is -2.47. The van der Waals surface area contributed by atoms with Crippen LogP contribution in [0, 0.1) is 5.21 Å². The van der Waals surface area contributed by atoms with Crippen molar-refractivity contribution in [1.29, 1.82) is 0 Å². The fourth-order valence-corrected chi connectivity index (χ4v) is 4.32. The molecule has 3 aromatic rings. The van der Waals surface area contributed by atoms with Crippen molar-refractivity contribution >= 4 is 27.5 Å². The molecule has 0 N–H and O–H groups in total. The fraction of sp³-hybridized carbons (Fsp3) is 0.278. The fourth-order valence-electron chi connectivity index (χ4n) is 3.20. The van der Waals surface area contributed by atoms with Gasteiger partial charge in [-0.05, 0) is 37.5 Å². The molecule has 2 aromatic heterocycles. The zero-order valence-corrected chi connectivity index (χ0v) is 13.9. The minimum absolute atomic E-state index is 0.0520. The topological polar surface area (TPSA) is 60.1 Å². The predicted octanol–water partition coefficient (Wildman–Crippen LogP) is 3.30. The van der Waals surface area contributed by atoms with E-state index in [1.165, 1.54) is 6.20 Å². The molecule has 1 fully saturated rings. The molecule has 0 radical (unpaired) electrons. The van der Waals surface area contributed by atoms with Gasteiger partial charge in [0.25, 0.3) is 5.69 Å². The number of likely N-dealkylation sites (tertiary alicyclic amines) is 1. The number of hydrogen-bond donors (Lipinski definition) is 0. The van der Waals surface area contributed by atoms with Crippen molar-refractivity contribution in [3.8, 4) is 0 Å². The van der Waals surface area contributed by atoms with Crippen LogP contribution in [0.5, 0.6) is 0 Å². The summed E-state index contributed by atoms with van der Waals surface area (Å²) in [5.41, 5.74) is 1.14. The Kier molecular flexibility index (Phi) is 3.90. The molecule has 122 valence electrons. The Labute approximate surface area is 143 Å². The summed E-state index contributed by atoms with van der Waals surface area (Å²) in [6, 6.07) is 12.9. The number of amides is 1. The number of para-hydroxylation sites is 1. The van der Waals surface area contributed by atoms with E-state index in [0.717, 1.165) is 34.5 Å². The van der Waals surface area contributed by atoms with Crippen LogP contribution in [0.3, 0.4) is 0 Å². The second-order valence-electron chi connectivity index (χ2n) is 5.94. The van der Waals surface area contributed by atoms with Crippen LogP contribution in [-0.4, -0.2) is 22.3 Å². The van der Waals surface area contributed by atoms with Gasteiger partial charge >= 0.3 is 5.91 Å². The minimum atomic E-state index is -0.213. The summed E-state index contributed by atoms with van der Waals surface area (Å²) >= 11 is 1.63. The van der Waals surface area contributed by atoms with E-state index in [1.807, 2.05) is 29.2 Å². The Bertz CT molecular complexity index is 860. The SMILES string of the molecule is O=C(c1cccc[n+]1[O-])N1CCCC[C@@H]1c1nc2ccccc2s1.